The summed E-state index contributed by atoms with van der Waals surface area (Å²) in [6.45, 7) is -0.370. The average molecular weight is 717 g/mol. The van der Waals surface area contributed by atoms with Gasteiger partial charge in [-0.2, -0.15) is 0 Å². The number of halogens is 3. The molecule has 7 rings (SSSR count). The van der Waals surface area contributed by atoms with Crippen molar-refractivity contribution in [2.45, 2.75) is 24.5 Å². The monoisotopic (exact) mass is 715 g/mol. The van der Waals surface area contributed by atoms with Gasteiger partial charge >= 0.3 is 17.9 Å². The van der Waals surface area contributed by atoms with Crippen LogP contribution in [-0.4, -0.2) is 57.4 Å². The zero-order chi connectivity index (χ0) is 34.1. The van der Waals surface area contributed by atoms with Crippen molar-refractivity contribution in [3.63, 3.8) is 0 Å². The number of nitrogens with zero attached hydrogens (tertiary/aromatic N) is 3. The molecule has 0 amide bonds. The third-order valence-corrected chi connectivity index (χ3v) is 8.88. The molecule has 1 aliphatic heterocycles. The van der Waals surface area contributed by atoms with E-state index in [4.69, 9.17) is 58.7 Å². The number of imidazole rings is 1. The number of hydrogen-bond acceptors (Lipinski definition) is 9. The minimum Gasteiger partial charge on any atom is -0.459 e. The van der Waals surface area contributed by atoms with Gasteiger partial charge in [0.1, 0.15) is 18.2 Å². The Morgan fingerprint density at radius 3 is 1.78 bits per heavy atom. The topological polar surface area (TPSA) is 119 Å². The first kappa shape index (κ1) is 32.5. The third kappa shape index (κ3) is 6.68. The van der Waals surface area contributed by atoms with Crippen LogP contribution in [0.1, 0.15) is 37.3 Å². The summed E-state index contributed by atoms with van der Waals surface area (Å²) >= 11 is 19.3. The Balaban J connectivity index is 1.32. The van der Waals surface area contributed by atoms with E-state index in [1.54, 1.807) is 109 Å². The van der Waals surface area contributed by atoms with Gasteiger partial charge in [-0.1, -0.05) is 77.8 Å². The number of ether oxygens (including phenoxy) is 4. The summed E-state index contributed by atoms with van der Waals surface area (Å²) in [7, 11) is 0. The molecular formula is C36H24Cl3N3O7. The Morgan fingerprint density at radius 1 is 0.653 bits per heavy atom. The molecule has 0 unspecified atom stereocenters. The number of carbonyl (C=O) groups excluding carboxylic acids is 3. The molecule has 0 aliphatic carbocycles. The molecule has 4 atom stereocenters. The van der Waals surface area contributed by atoms with Gasteiger partial charge in [-0.05, 0) is 66.2 Å². The first-order valence-corrected chi connectivity index (χ1v) is 16.1. The molecule has 13 heteroatoms. The van der Waals surface area contributed by atoms with Gasteiger partial charge in [-0.15, -0.1) is 0 Å². The number of esters is 3. The highest BCUT2D eigenvalue weighted by molar-refractivity contribution is 6.42. The molecule has 0 N–H and O–H groups in total. The molecule has 1 saturated heterocycles. The van der Waals surface area contributed by atoms with Crippen LogP contribution < -0.4 is 0 Å². The number of rotatable bonds is 8. The van der Waals surface area contributed by atoms with Crippen molar-refractivity contribution in [1.29, 1.82) is 0 Å². The third-order valence-electron chi connectivity index (χ3n) is 7.89. The lowest BCUT2D eigenvalue weighted by atomic mass is 10.1. The quantitative estimate of drug-likeness (QED) is 0.115. The number of benzene rings is 4. The summed E-state index contributed by atoms with van der Waals surface area (Å²) in [5, 5.41) is 1.22. The van der Waals surface area contributed by atoms with E-state index in [9.17, 15) is 14.4 Å². The highest BCUT2D eigenvalue weighted by atomic mass is 35.5. The molecule has 4 aromatic carbocycles. The lowest BCUT2D eigenvalue weighted by molar-refractivity contribution is -0.0605. The van der Waals surface area contributed by atoms with Gasteiger partial charge in [0.15, 0.2) is 24.1 Å². The first-order valence-electron chi connectivity index (χ1n) is 15.0. The van der Waals surface area contributed by atoms with Gasteiger partial charge < -0.3 is 18.9 Å². The number of fused-ring (bicyclic) bond motifs is 2. The maximum Gasteiger partial charge on any atom is 0.338 e. The second-order valence-corrected chi connectivity index (χ2v) is 12.2. The summed E-state index contributed by atoms with van der Waals surface area (Å²) in [6, 6.07) is 29.9. The van der Waals surface area contributed by atoms with Crippen molar-refractivity contribution in [1.82, 2.24) is 14.5 Å². The molecule has 1 aliphatic rings. The maximum atomic E-state index is 13.6. The summed E-state index contributed by atoms with van der Waals surface area (Å²) < 4.78 is 25.6. The highest BCUT2D eigenvalue weighted by Crippen LogP contribution is 2.39. The molecule has 6 aromatic rings. The van der Waals surface area contributed by atoms with Gasteiger partial charge in [0.2, 0.25) is 5.28 Å². The van der Waals surface area contributed by atoms with Gasteiger partial charge in [-0.3, -0.25) is 4.57 Å². The number of carbonyl (C=O) groups is 3. The van der Waals surface area contributed by atoms with Crippen LogP contribution in [0.3, 0.4) is 0 Å². The number of pyridine rings is 1. The second kappa shape index (κ2) is 13.9. The first-order chi connectivity index (χ1) is 23.8. The van der Waals surface area contributed by atoms with Crippen LogP contribution in [-0.2, 0) is 18.9 Å². The van der Waals surface area contributed by atoms with Crippen LogP contribution in [0.5, 0.6) is 0 Å². The Kier molecular flexibility index (Phi) is 9.20. The second-order valence-electron chi connectivity index (χ2n) is 11.0. The molecular weight excluding hydrogens is 693 g/mol. The minimum absolute atomic E-state index is 0.0594. The Hall–Kier alpha value is -5.00. The van der Waals surface area contributed by atoms with Crippen LogP contribution in [0, 0.1) is 0 Å². The van der Waals surface area contributed by atoms with E-state index < -0.39 is 42.4 Å². The predicted octanol–water partition coefficient (Wildman–Crippen LogP) is 7.75. The summed E-state index contributed by atoms with van der Waals surface area (Å²) in [4.78, 5) is 49.2. The van der Waals surface area contributed by atoms with Crippen LogP contribution in [0.25, 0.3) is 22.1 Å². The normalized spacial score (nSPS) is 18.8. The number of aromatic nitrogens is 3. The molecule has 3 heterocycles. The van der Waals surface area contributed by atoms with Gasteiger partial charge in [0, 0.05) is 5.39 Å². The van der Waals surface area contributed by atoms with Crippen LogP contribution >= 0.6 is 34.8 Å². The molecule has 0 spiro atoms. The van der Waals surface area contributed by atoms with Gasteiger partial charge in [0.25, 0.3) is 0 Å². The fourth-order valence-electron chi connectivity index (χ4n) is 5.54. The fourth-order valence-corrected chi connectivity index (χ4v) is 6.14. The highest BCUT2D eigenvalue weighted by Gasteiger charge is 2.52. The molecule has 0 saturated carbocycles. The SMILES string of the molecule is O=C(OC[C@H]1O[C@@H](n2c(Cl)nc3cc4cc(Cl)c(Cl)cc4nc32)[C@H](OC(=O)c2ccccc2)[C@@H]1OC(=O)c1ccccc1)c1ccccc1. The van der Waals surface area contributed by atoms with Crippen molar-refractivity contribution in [3.05, 3.63) is 141 Å². The smallest absolute Gasteiger partial charge is 0.338 e. The van der Waals surface area contributed by atoms with Gasteiger partial charge in [-0.25, -0.2) is 24.4 Å². The zero-order valence-electron chi connectivity index (χ0n) is 25.2. The van der Waals surface area contributed by atoms with Crippen molar-refractivity contribution in [2.75, 3.05) is 6.61 Å². The molecule has 49 heavy (non-hydrogen) atoms. The van der Waals surface area contributed by atoms with Crippen LogP contribution in [0.4, 0.5) is 0 Å². The van der Waals surface area contributed by atoms with E-state index in [1.807, 2.05) is 0 Å². The van der Waals surface area contributed by atoms with E-state index in [0.717, 1.165) is 0 Å². The maximum absolute atomic E-state index is 13.6. The minimum atomic E-state index is -1.32. The predicted molar refractivity (Wildman–Crippen MR) is 182 cm³/mol. The van der Waals surface area contributed by atoms with Crippen molar-refractivity contribution < 1.29 is 33.3 Å². The molecule has 246 valence electrons. The Labute approximate surface area is 294 Å². The van der Waals surface area contributed by atoms with Crippen molar-refractivity contribution in [3.8, 4) is 0 Å². The molecule has 0 radical (unpaired) electrons. The van der Waals surface area contributed by atoms with Crippen molar-refractivity contribution >= 4 is 74.8 Å². The van der Waals surface area contributed by atoms with E-state index in [1.165, 1.54) is 4.57 Å². The summed E-state index contributed by atoms with van der Waals surface area (Å²) in [5.41, 5.74) is 1.91. The lowest BCUT2D eigenvalue weighted by Gasteiger charge is -2.25. The zero-order valence-corrected chi connectivity index (χ0v) is 27.5. The van der Waals surface area contributed by atoms with E-state index in [0.29, 0.717) is 27.0 Å². The van der Waals surface area contributed by atoms with Crippen LogP contribution in [0.2, 0.25) is 15.3 Å². The Bertz CT molecular complexity index is 2180. The Morgan fingerprint density at radius 2 is 1.18 bits per heavy atom. The van der Waals surface area contributed by atoms with E-state index in [2.05, 4.69) is 4.98 Å². The largest absolute Gasteiger partial charge is 0.459 e. The average Bonchev–Trinajstić information content (AvgIpc) is 3.61. The number of hydrogen-bond donors (Lipinski definition) is 0. The van der Waals surface area contributed by atoms with E-state index >= 15 is 0 Å². The van der Waals surface area contributed by atoms with Crippen molar-refractivity contribution in [2.24, 2.45) is 0 Å². The lowest BCUT2D eigenvalue weighted by Crippen LogP contribution is -2.41. The molecule has 2 aromatic heterocycles. The summed E-state index contributed by atoms with van der Waals surface area (Å²) in [5.74, 6) is -2.07. The summed E-state index contributed by atoms with van der Waals surface area (Å²) in [6.07, 6.45) is -4.97. The fraction of sp³-hybridized carbons (Fsp3) is 0.139. The standard InChI is InChI=1S/C36H24Cl3N3O7/c37-24-16-23-17-27-31(40-26(23)18-25(24)38)42(36(39)41-27)32-30(49-35(45)22-14-8-3-9-15-22)29(48-34(44)21-12-6-2-7-13-21)28(47-32)19-46-33(43)20-10-4-1-5-11-20/h1-18,28-30,32H,19H2/t28-,29-,30-,32-/m1/s1. The molecule has 1 fully saturated rings. The molecule has 10 nitrogen and oxygen atoms in total. The van der Waals surface area contributed by atoms with Crippen LogP contribution in [0.15, 0.2) is 109 Å². The van der Waals surface area contributed by atoms with E-state index in [-0.39, 0.29) is 33.7 Å². The molecule has 0 bridgehead atoms. The van der Waals surface area contributed by atoms with Gasteiger partial charge in [0.05, 0.1) is 32.3 Å².